The first-order valence-electron chi connectivity index (χ1n) is 7.18. The molecular formula is C18H21NO3. The Morgan fingerprint density at radius 3 is 2.41 bits per heavy atom. The molecule has 0 saturated carbocycles. The molecule has 0 N–H and O–H groups in total. The zero-order valence-corrected chi connectivity index (χ0v) is 13.2. The number of amides is 1. The molecule has 2 aromatic rings. The van der Waals surface area contributed by atoms with Gasteiger partial charge in [0.15, 0.2) is 0 Å². The number of rotatable bonds is 6. The Balaban J connectivity index is 2.40. The van der Waals surface area contributed by atoms with Crippen molar-refractivity contribution in [3.63, 3.8) is 0 Å². The van der Waals surface area contributed by atoms with Crippen LogP contribution in [0.5, 0.6) is 5.75 Å². The summed E-state index contributed by atoms with van der Waals surface area (Å²) in [7, 11) is 3.26. The van der Waals surface area contributed by atoms with Gasteiger partial charge in [-0.2, -0.15) is 0 Å². The van der Waals surface area contributed by atoms with E-state index < -0.39 is 0 Å². The van der Waals surface area contributed by atoms with Crippen molar-refractivity contribution >= 4 is 11.6 Å². The number of methoxy groups -OCH3 is 2. The minimum absolute atomic E-state index is 0.0472. The third-order valence-electron chi connectivity index (χ3n) is 3.55. The number of hydrogen-bond donors (Lipinski definition) is 0. The summed E-state index contributed by atoms with van der Waals surface area (Å²) in [5.41, 5.74) is 2.43. The Bertz CT molecular complexity index is 625. The number of nitrogens with zero attached hydrogens (tertiary/aromatic N) is 1. The van der Waals surface area contributed by atoms with Crippen LogP contribution < -0.4 is 9.64 Å². The number of hydrogen-bond acceptors (Lipinski definition) is 3. The van der Waals surface area contributed by atoms with E-state index in [0.717, 1.165) is 17.0 Å². The Kier molecular flexibility index (Phi) is 5.55. The van der Waals surface area contributed by atoms with Crippen molar-refractivity contribution in [2.45, 2.75) is 6.92 Å². The molecule has 4 nitrogen and oxygen atoms in total. The van der Waals surface area contributed by atoms with Gasteiger partial charge in [0.25, 0.3) is 5.91 Å². The summed E-state index contributed by atoms with van der Waals surface area (Å²) in [5.74, 6) is 0.717. The first-order chi connectivity index (χ1) is 10.7. The lowest BCUT2D eigenvalue weighted by atomic mass is 10.1. The second-order valence-electron chi connectivity index (χ2n) is 4.92. The number of carbonyl (C=O) groups excluding carboxylic acids is 1. The van der Waals surface area contributed by atoms with E-state index in [1.807, 2.05) is 55.5 Å². The summed E-state index contributed by atoms with van der Waals surface area (Å²) >= 11 is 0. The summed E-state index contributed by atoms with van der Waals surface area (Å²) in [6.45, 7) is 2.90. The molecule has 116 valence electrons. The lowest BCUT2D eigenvalue weighted by Gasteiger charge is -2.25. The number of ether oxygens (including phenoxy) is 2. The average Bonchev–Trinajstić information content (AvgIpc) is 2.57. The van der Waals surface area contributed by atoms with Crippen molar-refractivity contribution in [3.8, 4) is 5.75 Å². The van der Waals surface area contributed by atoms with E-state index in [9.17, 15) is 4.79 Å². The molecule has 4 heteroatoms. The minimum atomic E-state index is -0.0472. The maximum Gasteiger partial charge on any atom is 0.258 e. The average molecular weight is 299 g/mol. The Morgan fingerprint density at radius 1 is 1.05 bits per heavy atom. The maximum atomic E-state index is 12.8. The van der Waals surface area contributed by atoms with Gasteiger partial charge in [-0.15, -0.1) is 0 Å². The third kappa shape index (κ3) is 3.46. The Morgan fingerprint density at radius 2 is 1.77 bits per heavy atom. The van der Waals surface area contributed by atoms with E-state index in [1.54, 1.807) is 19.1 Å². The van der Waals surface area contributed by atoms with Crippen LogP contribution >= 0.6 is 0 Å². The lowest BCUT2D eigenvalue weighted by molar-refractivity contribution is 0.0975. The standard InChI is InChI=1S/C18H21NO3/c1-14-16(10-7-11-17(14)22-3)19(12-13-21-2)18(20)15-8-5-4-6-9-15/h4-11H,12-13H2,1-3H3. The van der Waals surface area contributed by atoms with Crippen molar-refractivity contribution in [1.29, 1.82) is 0 Å². The maximum absolute atomic E-state index is 12.8. The molecule has 0 aliphatic carbocycles. The van der Waals surface area contributed by atoms with Gasteiger partial charge in [-0.1, -0.05) is 24.3 Å². The predicted octanol–water partition coefficient (Wildman–Crippen LogP) is 3.30. The zero-order chi connectivity index (χ0) is 15.9. The molecule has 2 rings (SSSR count). The minimum Gasteiger partial charge on any atom is -0.496 e. The highest BCUT2D eigenvalue weighted by Gasteiger charge is 2.20. The summed E-state index contributed by atoms with van der Waals surface area (Å²) in [6.07, 6.45) is 0. The molecule has 22 heavy (non-hydrogen) atoms. The van der Waals surface area contributed by atoms with Crippen LogP contribution in [-0.2, 0) is 4.74 Å². The summed E-state index contributed by atoms with van der Waals surface area (Å²) in [4.78, 5) is 14.6. The molecule has 0 spiro atoms. The van der Waals surface area contributed by atoms with Crippen molar-refractivity contribution in [2.24, 2.45) is 0 Å². The van der Waals surface area contributed by atoms with E-state index in [0.29, 0.717) is 18.7 Å². The van der Waals surface area contributed by atoms with Gasteiger partial charge in [-0.05, 0) is 31.2 Å². The molecule has 2 aromatic carbocycles. The van der Waals surface area contributed by atoms with Gasteiger partial charge in [0.1, 0.15) is 5.75 Å². The molecule has 0 aliphatic heterocycles. The van der Waals surface area contributed by atoms with Gasteiger partial charge in [0, 0.05) is 24.8 Å². The van der Waals surface area contributed by atoms with Gasteiger partial charge >= 0.3 is 0 Å². The van der Waals surface area contributed by atoms with Crippen molar-refractivity contribution in [3.05, 3.63) is 59.7 Å². The smallest absolute Gasteiger partial charge is 0.258 e. The molecule has 0 aromatic heterocycles. The van der Waals surface area contributed by atoms with Crippen LogP contribution in [0.1, 0.15) is 15.9 Å². The van der Waals surface area contributed by atoms with Crippen LogP contribution in [0, 0.1) is 6.92 Å². The molecular weight excluding hydrogens is 278 g/mol. The van der Waals surface area contributed by atoms with E-state index in [4.69, 9.17) is 9.47 Å². The molecule has 0 atom stereocenters. The molecule has 0 aliphatic rings. The van der Waals surface area contributed by atoms with Crippen LogP contribution in [-0.4, -0.2) is 33.3 Å². The Hall–Kier alpha value is -2.33. The second-order valence-corrected chi connectivity index (χ2v) is 4.92. The monoisotopic (exact) mass is 299 g/mol. The van der Waals surface area contributed by atoms with Gasteiger partial charge in [-0.3, -0.25) is 4.79 Å². The second kappa shape index (κ2) is 7.61. The Labute approximate surface area is 131 Å². The van der Waals surface area contributed by atoms with E-state index in [1.165, 1.54) is 0 Å². The van der Waals surface area contributed by atoms with Crippen molar-refractivity contribution in [2.75, 3.05) is 32.3 Å². The van der Waals surface area contributed by atoms with Gasteiger partial charge < -0.3 is 14.4 Å². The SMILES string of the molecule is COCCN(C(=O)c1ccccc1)c1cccc(OC)c1C. The van der Waals surface area contributed by atoms with E-state index >= 15 is 0 Å². The first-order valence-corrected chi connectivity index (χ1v) is 7.18. The number of anilines is 1. The van der Waals surface area contributed by atoms with Gasteiger partial charge in [0.2, 0.25) is 0 Å². The third-order valence-corrected chi connectivity index (χ3v) is 3.55. The molecule has 0 saturated heterocycles. The quantitative estimate of drug-likeness (QED) is 0.821. The van der Waals surface area contributed by atoms with Crippen LogP contribution in [0.2, 0.25) is 0 Å². The topological polar surface area (TPSA) is 38.8 Å². The number of benzene rings is 2. The van der Waals surface area contributed by atoms with E-state index in [2.05, 4.69) is 0 Å². The zero-order valence-electron chi connectivity index (χ0n) is 13.2. The first kappa shape index (κ1) is 16.0. The fraction of sp³-hybridized carbons (Fsp3) is 0.278. The van der Waals surface area contributed by atoms with Gasteiger partial charge in [-0.25, -0.2) is 0 Å². The van der Waals surface area contributed by atoms with Crippen LogP contribution in [0.4, 0.5) is 5.69 Å². The van der Waals surface area contributed by atoms with Gasteiger partial charge in [0.05, 0.1) is 19.4 Å². The lowest BCUT2D eigenvalue weighted by Crippen LogP contribution is -2.34. The highest BCUT2D eigenvalue weighted by atomic mass is 16.5. The molecule has 0 radical (unpaired) electrons. The van der Waals surface area contributed by atoms with E-state index in [-0.39, 0.29) is 5.91 Å². The van der Waals surface area contributed by atoms with Crippen molar-refractivity contribution < 1.29 is 14.3 Å². The fourth-order valence-electron chi connectivity index (χ4n) is 2.37. The summed E-state index contributed by atoms with van der Waals surface area (Å²) in [5, 5.41) is 0. The summed E-state index contributed by atoms with van der Waals surface area (Å²) < 4.78 is 10.5. The van der Waals surface area contributed by atoms with Crippen LogP contribution in [0.3, 0.4) is 0 Å². The van der Waals surface area contributed by atoms with Crippen LogP contribution in [0.15, 0.2) is 48.5 Å². The number of carbonyl (C=O) groups is 1. The molecule has 0 fully saturated rings. The molecule has 0 heterocycles. The molecule has 1 amide bonds. The molecule has 0 unspecified atom stereocenters. The molecule has 0 bridgehead atoms. The predicted molar refractivity (Wildman–Crippen MR) is 87.7 cm³/mol. The largest absolute Gasteiger partial charge is 0.496 e. The highest BCUT2D eigenvalue weighted by Crippen LogP contribution is 2.29. The van der Waals surface area contributed by atoms with Crippen LogP contribution in [0.25, 0.3) is 0 Å². The van der Waals surface area contributed by atoms with Crippen molar-refractivity contribution in [1.82, 2.24) is 0 Å². The summed E-state index contributed by atoms with van der Waals surface area (Å²) in [6, 6.07) is 15.0. The normalized spacial score (nSPS) is 10.3. The fourth-order valence-corrected chi connectivity index (χ4v) is 2.37. The highest BCUT2D eigenvalue weighted by molar-refractivity contribution is 6.06.